The molecule has 34 heavy (non-hydrogen) atoms. The van der Waals surface area contributed by atoms with Crippen LogP contribution in [-0.2, 0) is 18.7 Å². The smallest absolute Gasteiger partial charge is 0.193 e. The summed E-state index contributed by atoms with van der Waals surface area (Å²) in [5.41, 5.74) is 3.56. The Kier molecular flexibility index (Phi) is 7.73. The quantitative estimate of drug-likeness (QED) is 0.302. The molecule has 1 saturated heterocycles. The van der Waals surface area contributed by atoms with E-state index in [9.17, 15) is 4.79 Å². The first-order valence-corrected chi connectivity index (χ1v) is 15.9. The van der Waals surface area contributed by atoms with Crippen molar-refractivity contribution in [3.63, 3.8) is 0 Å². The fourth-order valence-electron chi connectivity index (χ4n) is 5.39. The molecule has 3 unspecified atom stereocenters. The van der Waals surface area contributed by atoms with E-state index in [1.807, 2.05) is 12.1 Å². The SMILES string of the molecule is COc1cccc2c1C(CCCOC1CCCCO1)C1CC(=O)C=C1[C@H]2O[Si](C)(C)C(C)(C)C. The van der Waals surface area contributed by atoms with Gasteiger partial charge >= 0.3 is 0 Å². The number of hydrogen-bond acceptors (Lipinski definition) is 5. The zero-order chi connectivity index (χ0) is 24.5. The molecule has 4 rings (SSSR count). The zero-order valence-electron chi connectivity index (χ0n) is 21.8. The van der Waals surface area contributed by atoms with E-state index in [4.69, 9.17) is 18.6 Å². The molecule has 0 spiro atoms. The average molecular weight is 487 g/mol. The summed E-state index contributed by atoms with van der Waals surface area (Å²) in [5.74, 6) is 1.50. The van der Waals surface area contributed by atoms with Gasteiger partial charge in [-0.15, -0.1) is 0 Å². The molecule has 1 aliphatic heterocycles. The molecule has 0 saturated carbocycles. The van der Waals surface area contributed by atoms with Gasteiger partial charge in [0.25, 0.3) is 0 Å². The first kappa shape index (κ1) is 25.6. The minimum absolute atomic E-state index is 0.0622. The van der Waals surface area contributed by atoms with Crippen LogP contribution in [0.25, 0.3) is 0 Å². The molecule has 0 aromatic heterocycles. The third-order valence-electron chi connectivity index (χ3n) is 8.26. The second kappa shape index (κ2) is 10.3. The molecule has 2 aliphatic carbocycles. The van der Waals surface area contributed by atoms with Gasteiger partial charge in [-0.2, -0.15) is 0 Å². The van der Waals surface area contributed by atoms with Gasteiger partial charge in [-0.25, -0.2) is 0 Å². The van der Waals surface area contributed by atoms with Crippen molar-refractivity contribution in [3.05, 3.63) is 41.0 Å². The van der Waals surface area contributed by atoms with Crippen LogP contribution in [0.1, 0.15) is 82.4 Å². The number of carbonyl (C=O) groups excluding carboxylic acids is 1. The second-order valence-corrected chi connectivity index (χ2v) is 16.3. The maximum absolute atomic E-state index is 12.7. The molecule has 1 fully saturated rings. The number of methoxy groups -OCH3 is 1. The van der Waals surface area contributed by atoms with Crippen LogP contribution in [0.3, 0.4) is 0 Å². The van der Waals surface area contributed by atoms with Crippen molar-refractivity contribution < 1.29 is 23.4 Å². The Morgan fingerprint density at radius 2 is 1.97 bits per heavy atom. The molecule has 3 aliphatic rings. The van der Waals surface area contributed by atoms with Gasteiger partial charge in [0.05, 0.1) is 13.2 Å². The average Bonchev–Trinajstić information content (AvgIpc) is 3.18. The highest BCUT2D eigenvalue weighted by molar-refractivity contribution is 6.74. The van der Waals surface area contributed by atoms with Gasteiger partial charge in [0.1, 0.15) is 5.75 Å². The lowest BCUT2D eigenvalue weighted by Gasteiger charge is -2.45. The number of fused-ring (bicyclic) bond motifs is 2. The predicted molar refractivity (Wildman–Crippen MR) is 137 cm³/mol. The Morgan fingerprint density at radius 3 is 2.65 bits per heavy atom. The molecular formula is C28H42O5Si. The van der Waals surface area contributed by atoms with E-state index < -0.39 is 8.32 Å². The van der Waals surface area contributed by atoms with Crippen LogP contribution >= 0.6 is 0 Å². The summed E-state index contributed by atoms with van der Waals surface area (Å²) in [4.78, 5) is 12.7. The number of ketones is 1. The van der Waals surface area contributed by atoms with Gasteiger partial charge in [-0.1, -0.05) is 32.9 Å². The highest BCUT2D eigenvalue weighted by Gasteiger charge is 2.48. The van der Waals surface area contributed by atoms with Gasteiger partial charge in [0, 0.05) is 25.2 Å². The van der Waals surface area contributed by atoms with E-state index in [0.717, 1.165) is 43.6 Å². The molecule has 5 nitrogen and oxygen atoms in total. The van der Waals surface area contributed by atoms with E-state index in [1.54, 1.807) is 7.11 Å². The number of hydrogen-bond donors (Lipinski definition) is 0. The maximum atomic E-state index is 12.7. The van der Waals surface area contributed by atoms with Crippen molar-refractivity contribution in [1.29, 1.82) is 0 Å². The minimum Gasteiger partial charge on any atom is -0.496 e. The first-order valence-electron chi connectivity index (χ1n) is 12.9. The summed E-state index contributed by atoms with van der Waals surface area (Å²) in [6.07, 6.45) is 7.35. The standard InChI is InChI=1S/C28H42O5Si/c1-28(2,3)34(5,6)33-27-21-11-9-13-24(30-4)26(21)20(22-17-19(29)18-23(22)27)12-10-16-32-25-14-7-8-15-31-25/h9,11,13,18,20,22,25,27H,7-8,10,12,14-17H2,1-6H3/t20?,22?,25?,27-/m0/s1. The summed E-state index contributed by atoms with van der Waals surface area (Å²) < 4.78 is 24.6. The van der Waals surface area contributed by atoms with E-state index in [1.165, 1.54) is 17.5 Å². The van der Waals surface area contributed by atoms with Crippen LogP contribution in [0.2, 0.25) is 18.1 Å². The van der Waals surface area contributed by atoms with E-state index in [2.05, 4.69) is 46.0 Å². The van der Waals surface area contributed by atoms with Crippen molar-refractivity contribution >= 4 is 14.1 Å². The zero-order valence-corrected chi connectivity index (χ0v) is 22.8. The fourth-order valence-corrected chi connectivity index (χ4v) is 6.59. The summed E-state index contributed by atoms with van der Waals surface area (Å²) in [5, 5.41) is 0.0834. The van der Waals surface area contributed by atoms with Gasteiger partial charge in [-0.05, 0) is 85.4 Å². The fraction of sp³-hybridized carbons (Fsp3) is 0.679. The van der Waals surface area contributed by atoms with E-state index in [0.29, 0.717) is 13.0 Å². The lowest BCUT2D eigenvalue weighted by Crippen LogP contribution is -2.43. The van der Waals surface area contributed by atoms with Crippen molar-refractivity contribution in [3.8, 4) is 5.75 Å². The van der Waals surface area contributed by atoms with E-state index >= 15 is 0 Å². The third kappa shape index (κ3) is 5.20. The number of benzene rings is 1. The molecule has 1 aromatic rings. The molecule has 4 atom stereocenters. The van der Waals surface area contributed by atoms with Crippen LogP contribution < -0.4 is 4.74 Å². The van der Waals surface area contributed by atoms with Crippen molar-refractivity contribution in [2.45, 2.75) is 95.7 Å². The molecule has 0 N–H and O–H groups in total. The van der Waals surface area contributed by atoms with Crippen LogP contribution in [0, 0.1) is 5.92 Å². The van der Waals surface area contributed by atoms with Crippen LogP contribution in [0.4, 0.5) is 0 Å². The highest BCUT2D eigenvalue weighted by Crippen LogP contribution is 2.56. The Hall–Kier alpha value is -1.47. The summed E-state index contributed by atoms with van der Waals surface area (Å²) in [6.45, 7) is 12.8. The van der Waals surface area contributed by atoms with Crippen molar-refractivity contribution in [2.75, 3.05) is 20.3 Å². The third-order valence-corrected chi connectivity index (χ3v) is 12.7. The van der Waals surface area contributed by atoms with Crippen molar-refractivity contribution in [1.82, 2.24) is 0 Å². The highest BCUT2D eigenvalue weighted by atomic mass is 28.4. The monoisotopic (exact) mass is 486 g/mol. The van der Waals surface area contributed by atoms with Crippen LogP contribution in [0.15, 0.2) is 29.8 Å². The number of allylic oxidation sites excluding steroid dienone is 1. The molecule has 1 aromatic carbocycles. The minimum atomic E-state index is -2.07. The molecule has 1 heterocycles. The first-order chi connectivity index (χ1) is 16.1. The lowest BCUT2D eigenvalue weighted by atomic mass is 9.69. The summed E-state index contributed by atoms with van der Waals surface area (Å²) in [7, 11) is -0.328. The summed E-state index contributed by atoms with van der Waals surface area (Å²) in [6, 6.07) is 6.28. The Balaban J connectivity index is 1.61. The van der Waals surface area contributed by atoms with Gasteiger partial charge < -0.3 is 18.6 Å². The molecule has 0 bridgehead atoms. The largest absolute Gasteiger partial charge is 0.496 e. The maximum Gasteiger partial charge on any atom is 0.193 e. The van der Waals surface area contributed by atoms with Crippen LogP contribution in [-0.4, -0.2) is 40.7 Å². The van der Waals surface area contributed by atoms with Crippen molar-refractivity contribution in [2.24, 2.45) is 5.92 Å². The predicted octanol–water partition coefficient (Wildman–Crippen LogP) is 6.69. The molecule has 188 valence electrons. The van der Waals surface area contributed by atoms with Gasteiger partial charge in [0.15, 0.2) is 20.4 Å². The number of carbonyl (C=O) groups is 1. The Morgan fingerprint density at radius 1 is 1.18 bits per heavy atom. The normalized spacial score (nSPS) is 27.2. The molecule has 0 amide bonds. The van der Waals surface area contributed by atoms with Gasteiger partial charge in [0.2, 0.25) is 0 Å². The van der Waals surface area contributed by atoms with Crippen LogP contribution in [0.5, 0.6) is 5.75 Å². The Bertz CT molecular complexity index is 910. The number of rotatable bonds is 8. The van der Waals surface area contributed by atoms with Gasteiger partial charge in [-0.3, -0.25) is 4.79 Å². The van der Waals surface area contributed by atoms with E-state index in [-0.39, 0.29) is 35.1 Å². The molecule has 0 radical (unpaired) electrons. The number of ether oxygens (including phenoxy) is 3. The molecule has 6 heteroatoms. The second-order valence-electron chi connectivity index (χ2n) is 11.6. The Labute approximate surface area is 206 Å². The topological polar surface area (TPSA) is 54.0 Å². The summed E-state index contributed by atoms with van der Waals surface area (Å²) >= 11 is 0. The lowest BCUT2D eigenvalue weighted by molar-refractivity contribution is -0.163. The molecular weight excluding hydrogens is 444 g/mol.